The Balaban J connectivity index is 3.23. The van der Waals surface area contributed by atoms with Crippen LogP contribution in [-0.2, 0) is 14.3 Å². The zero-order valence-electron chi connectivity index (χ0n) is 11.5. The van der Waals surface area contributed by atoms with Gasteiger partial charge in [-0.15, -0.1) is 0 Å². The molecule has 8 nitrogen and oxygen atoms in total. The number of carboxylic acid groups (broad SMARTS) is 1. The standard InChI is InChI=1S/C11H23N3O5/c1-14(2)5-8-18-6-3-12-11(17)13-4-7-19-9-10(15)16/h3-9H2,1-2H3,(H,15,16)(H2,12,13,17). The fourth-order valence-corrected chi connectivity index (χ4v) is 1.04. The van der Waals surface area contributed by atoms with Crippen molar-refractivity contribution >= 4 is 12.0 Å². The number of hydrogen-bond acceptors (Lipinski definition) is 5. The van der Waals surface area contributed by atoms with Crippen LogP contribution < -0.4 is 10.6 Å². The molecule has 0 rings (SSSR count). The summed E-state index contributed by atoms with van der Waals surface area (Å²) in [5.74, 6) is -1.03. The lowest BCUT2D eigenvalue weighted by molar-refractivity contribution is -0.142. The van der Waals surface area contributed by atoms with E-state index < -0.39 is 5.97 Å². The molecule has 0 radical (unpaired) electrons. The number of aliphatic carboxylic acids is 1. The summed E-state index contributed by atoms with van der Waals surface area (Å²) in [6, 6.07) is -0.324. The van der Waals surface area contributed by atoms with Gasteiger partial charge in [-0.25, -0.2) is 9.59 Å². The molecule has 112 valence electrons. The molecule has 0 aromatic carbocycles. The predicted octanol–water partition coefficient (Wildman–Crippen LogP) is -1.03. The average Bonchev–Trinajstić information content (AvgIpc) is 2.32. The molecule has 8 heteroatoms. The third-order valence-electron chi connectivity index (χ3n) is 1.97. The van der Waals surface area contributed by atoms with Crippen molar-refractivity contribution < 1.29 is 24.2 Å². The van der Waals surface area contributed by atoms with Gasteiger partial charge in [0.2, 0.25) is 0 Å². The molecule has 0 aliphatic rings. The highest BCUT2D eigenvalue weighted by Gasteiger charge is 2.00. The summed E-state index contributed by atoms with van der Waals surface area (Å²) >= 11 is 0. The zero-order valence-corrected chi connectivity index (χ0v) is 11.5. The van der Waals surface area contributed by atoms with Crippen LogP contribution in [0.4, 0.5) is 4.79 Å². The van der Waals surface area contributed by atoms with Crippen LogP contribution in [0.5, 0.6) is 0 Å². The summed E-state index contributed by atoms with van der Waals surface area (Å²) in [6.45, 7) is 2.42. The summed E-state index contributed by atoms with van der Waals surface area (Å²) in [5, 5.41) is 13.4. The first-order valence-corrected chi connectivity index (χ1v) is 6.06. The van der Waals surface area contributed by atoms with E-state index in [0.717, 1.165) is 6.54 Å². The predicted molar refractivity (Wildman–Crippen MR) is 69.2 cm³/mol. The van der Waals surface area contributed by atoms with Gasteiger partial charge in [0.15, 0.2) is 0 Å². The van der Waals surface area contributed by atoms with Gasteiger partial charge in [0, 0.05) is 19.6 Å². The number of amides is 2. The molecular formula is C11H23N3O5. The van der Waals surface area contributed by atoms with Crippen molar-refractivity contribution in [1.29, 1.82) is 0 Å². The van der Waals surface area contributed by atoms with Crippen LogP contribution in [-0.4, -0.2) is 82.2 Å². The molecule has 0 heterocycles. The number of carbonyl (C=O) groups excluding carboxylic acids is 1. The van der Waals surface area contributed by atoms with Crippen LogP contribution in [0.1, 0.15) is 0 Å². The van der Waals surface area contributed by atoms with Gasteiger partial charge >= 0.3 is 12.0 Å². The highest BCUT2D eigenvalue weighted by Crippen LogP contribution is 1.78. The molecule has 19 heavy (non-hydrogen) atoms. The van der Waals surface area contributed by atoms with Gasteiger partial charge in [-0.05, 0) is 14.1 Å². The number of carbonyl (C=O) groups is 2. The summed E-state index contributed by atoms with van der Waals surface area (Å²) in [4.78, 5) is 23.4. The van der Waals surface area contributed by atoms with Crippen molar-refractivity contribution in [2.75, 3.05) is 60.2 Å². The fraction of sp³-hybridized carbons (Fsp3) is 0.818. The molecule has 2 amide bonds. The minimum atomic E-state index is -1.03. The minimum absolute atomic E-state index is 0.166. The monoisotopic (exact) mass is 277 g/mol. The lowest BCUT2D eigenvalue weighted by Crippen LogP contribution is -2.39. The molecule has 0 bridgehead atoms. The Morgan fingerprint density at radius 2 is 1.63 bits per heavy atom. The summed E-state index contributed by atoms with van der Waals surface area (Å²) < 4.78 is 10.0. The van der Waals surface area contributed by atoms with E-state index in [1.807, 2.05) is 19.0 Å². The smallest absolute Gasteiger partial charge is 0.329 e. The van der Waals surface area contributed by atoms with E-state index in [0.29, 0.717) is 19.8 Å². The van der Waals surface area contributed by atoms with Crippen molar-refractivity contribution in [2.45, 2.75) is 0 Å². The minimum Gasteiger partial charge on any atom is -0.480 e. The third-order valence-corrected chi connectivity index (χ3v) is 1.97. The molecule has 0 saturated heterocycles. The normalized spacial score (nSPS) is 10.5. The lowest BCUT2D eigenvalue weighted by atomic mass is 10.6. The number of hydrogen-bond donors (Lipinski definition) is 3. The quantitative estimate of drug-likeness (QED) is 0.417. The first kappa shape index (κ1) is 17.6. The van der Waals surface area contributed by atoms with E-state index in [-0.39, 0.29) is 25.8 Å². The Labute approximate surface area is 113 Å². The van der Waals surface area contributed by atoms with Crippen LogP contribution in [0.25, 0.3) is 0 Å². The van der Waals surface area contributed by atoms with Crippen LogP contribution in [0, 0.1) is 0 Å². The number of ether oxygens (including phenoxy) is 2. The van der Waals surface area contributed by atoms with Gasteiger partial charge in [-0.2, -0.15) is 0 Å². The maximum Gasteiger partial charge on any atom is 0.329 e. The molecule has 0 aliphatic heterocycles. The van der Waals surface area contributed by atoms with E-state index >= 15 is 0 Å². The van der Waals surface area contributed by atoms with Gasteiger partial charge in [-0.3, -0.25) is 0 Å². The number of urea groups is 1. The molecule has 0 unspecified atom stereocenters. The second-order valence-corrected chi connectivity index (χ2v) is 4.04. The van der Waals surface area contributed by atoms with Gasteiger partial charge in [0.1, 0.15) is 6.61 Å². The molecular weight excluding hydrogens is 254 g/mol. The van der Waals surface area contributed by atoms with Crippen molar-refractivity contribution in [2.24, 2.45) is 0 Å². The molecule has 3 N–H and O–H groups in total. The van der Waals surface area contributed by atoms with E-state index in [2.05, 4.69) is 10.6 Å². The van der Waals surface area contributed by atoms with Crippen molar-refractivity contribution in [3.63, 3.8) is 0 Å². The van der Waals surface area contributed by atoms with Crippen molar-refractivity contribution in [3.05, 3.63) is 0 Å². The van der Waals surface area contributed by atoms with Gasteiger partial charge in [-0.1, -0.05) is 0 Å². The van der Waals surface area contributed by atoms with E-state index in [4.69, 9.17) is 14.6 Å². The lowest BCUT2D eigenvalue weighted by Gasteiger charge is -2.10. The van der Waals surface area contributed by atoms with Crippen LogP contribution in [0.15, 0.2) is 0 Å². The summed E-state index contributed by atoms with van der Waals surface area (Å²) in [5.41, 5.74) is 0. The molecule has 0 aromatic heterocycles. The number of likely N-dealkylation sites (N-methyl/N-ethyl adjacent to an activating group) is 1. The molecule has 0 spiro atoms. The second kappa shape index (κ2) is 11.7. The highest BCUT2D eigenvalue weighted by molar-refractivity contribution is 5.73. The van der Waals surface area contributed by atoms with E-state index in [9.17, 15) is 9.59 Å². The zero-order chi connectivity index (χ0) is 14.5. The molecule has 0 saturated carbocycles. The largest absolute Gasteiger partial charge is 0.480 e. The third kappa shape index (κ3) is 14.6. The van der Waals surface area contributed by atoms with Crippen LogP contribution in [0.2, 0.25) is 0 Å². The Hall–Kier alpha value is -1.38. The fourth-order valence-electron chi connectivity index (χ4n) is 1.04. The van der Waals surface area contributed by atoms with Crippen molar-refractivity contribution in [1.82, 2.24) is 15.5 Å². The van der Waals surface area contributed by atoms with Gasteiger partial charge in [0.05, 0.1) is 19.8 Å². The highest BCUT2D eigenvalue weighted by atomic mass is 16.5. The maximum absolute atomic E-state index is 11.2. The number of rotatable bonds is 11. The SMILES string of the molecule is CN(C)CCOCCNC(=O)NCCOCC(=O)O. The first-order valence-electron chi connectivity index (χ1n) is 6.06. The Bertz CT molecular complexity index is 261. The number of nitrogens with zero attached hydrogens (tertiary/aromatic N) is 1. The molecule has 0 fully saturated rings. The molecule has 0 aromatic rings. The summed E-state index contributed by atoms with van der Waals surface area (Å²) in [7, 11) is 3.92. The maximum atomic E-state index is 11.2. The first-order chi connectivity index (χ1) is 9.02. The van der Waals surface area contributed by atoms with Crippen LogP contribution >= 0.6 is 0 Å². The average molecular weight is 277 g/mol. The number of nitrogens with one attached hydrogen (secondary N) is 2. The number of carboxylic acids is 1. The second-order valence-electron chi connectivity index (χ2n) is 4.04. The van der Waals surface area contributed by atoms with Crippen molar-refractivity contribution in [3.8, 4) is 0 Å². The Kier molecular flexibility index (Phi) is 10.8. The van der Waals surface area contributed by atoms with Gasteiger partial charge < -0.3 is 30.1 Å². The van der Waals surface area contributed by atoms with Crippen LogP contribution in [0.3, 0.4) is 0 Å². The molecule has 0 aliphatic carbocycles. The summed E-state index contributed by atoms with van der Waals surface area (Å²) in [6.07, 6.45) is 0. The van der Waals surface area contributed by atoms with Gasteiger partial charge in [0.25, 0.3) is 0 Å². The molecule has 0 atom stereocenters. The Morgan fingerprint density at radius 1 is 1.05 bits per heavy atom. The van der Waals surface area contributed by atoms with E-state index in [1.165, 1.54) is 0 Å². The van der Waals surface area contributed by atoms with E-state index in [1.54, 1.807) is 0 Å². The topological polar surface area (TPSA) is 100 Å². The Morgan fingerprint density at radius 3 is 2.16 bits per heavy atom.